The first-order valence-electron chi connectivity index (χ1n) is 8.20. The standard InChI is InChI=1S/C19H18ClFN2O2/c20-16-11-15(9-10-17(16)21)23-19(25)13-7-5-12(6-8-13)18(24)22-14-3-1-2-4-14/h5-11,14H,1-4H2,(H,22,24)(H,23,25). The maximum Gasteiger partial charge on any atom is 0.255 e. The van der Waals surface area contributed by atoms with Crippen molar-refractivity contribution >= 4 is 29.1 Å². The number of carbonyl (C=O) groups excluding carboxylic acids is 2. The van der Waals surface area contributed by atoms with E-state index in [-0.39, 0.29) is 22.9 Å². The molecule has 25 heavy (non-hydrogen) atoms. The van der Waals surface area contributed by atoms with Crippen molar-refractivity contribution in [2.45, 2.75) is 31.7 Å². The zero-order chi connectivity index (χ0) is 17.8. The lowest BCUT2D eigenvalue weighted by Crippen LogP contribution is -2.32. The Morgan fingerprint density at radius 3 is 2.16 bits per heavy atom. The zero-order valence-corrected chi connectivity index (χ0v) is 14.3. The van der Waals surface area contributed by atoms with Crippen LogP contribution in [0.5, 0.6) is 0 Å². The van der Waals surface area contributed by atoms with Crippen molar-refractivity contribution in [2.75, 3.05) is 5.32 Å². The van der Waals surface area contributed by atoms with Crippen molar-refractivity contribution in [3.63, 3.8) is 0 Å². The molecule has 0 saturated heterocycles. The van der Waals surface area contributed by atoms with E-state index >= 15 is 0 Å². The van der Waals surface area contributed by atoms with Gasteiger partial charge in [-0.3, -0.25) is 9.59 Å². The number of amides is 2. The molecule has 2 aromatic carbocycles. The number of hydrogen-bond acceptors (Lipinski definition) is 2. The molecule has 1 aliphatic rings. The van der Waals surface area contributed by atoms with E-state index in [0.29, 0.717) is 16.8 Å². The minimum absolute atomic E-state index is 0.0586. The fourth-order valence-electron chi connectivity index (χ4n) is 2.89. The van der Waals surface area contributed by atoms with E-state index in [0.717, 1.165) is 25.7 Å². The van der Waals surface area contributed by atoms with Gasteiger partial charge >= 0.3 is 0 Å². The molecular weight excluding hydrogens is 343 g/mol. The largest absolute Gasteiger partial charge is 0.349 e. The first-order valence-corrected chi connectivity index (χ1v) is 8.58. The van der Waals surface area contributed by atoms with E-state index in [4.69, 9.17) is 11.6 Å². The third-order valence-corrected chi connectivity index (χ3v) is 4.57. The Morgan fingerprint density at radius 2 is 1.56 bits per heavy atom. The Hall–Kier alpha value is -2.40. The normalized spacial score (nSPS) is 14.3. The SMILES string of the molecule is O=C(Nc1ccc(F)c(Cl)c1)c1ccc(C(=O)NC2CCCC2)cc1. The van der Waals surface area contributed by atoms with Gasteiger partial charge in [-0.15, -0.1) is 0 Å². The predicted octanol–water partition coefficient (Wildman–Crippen LogP) is 4.40. The van der Waals surface area contributed by atoms with Gasteiger partial charge in [0.1, 0.15) is 5.82 Å². The number of carbonyl (C=O) groups is 2. The van der Waals surface area contributed by atoms with E-state index in [2.05, 4.69) is 10.6 Å². The number of halogens is 2. The van der Waals surface area contributed by atoms with Crippen LogP contribution in [0.25, 0.3) is 0 Å². The van der Waals surface area contributed by atoms with Crippen LogP contribution in [0.2, 0.25) is 5.02 Å². The molecule has 2 aromatic rings. The van der Waals surface area contributed by atoms with Gasteiger partial charge in [-0.05, 0) is 55.3 Å². The highest BCUT2D eigenvalue weighted by Gasteiger charge is 2.18. The summed E-state index contributed by atoms with van der Waals surface area (Å²) in [6.45, 7) is 0. The van der Waals surface area contributed by atoms with E-state index in [9.17, 15) is 14.0 Å². The second kappa shape index (κ2) is 7.66. The van der Waals surface area contributed by atoms with Gasteiger partial charge in [0.25, 0.3) is 11.8 Å². The first kappa shape index (κ1) is 17.4. The van der Waals surface area contributed by atoms with Crippen molar-refractivity contribution in [3.8, 4) is 0 Å². The lowest BCUT2D eigenvalue weighted by molar-refractivity contribution is 0.0936. The summed E-state index contributed by atoms with van der Waals surface area (Å²) in [5, 5.41) is 5.59. The Labute approximate surface area is 150 Å². The molecule has 1 aliphatic carbocycles. The number of anilines is 1. The van der Waals surface area contributed by atoms with Crippen LogP contribution in [0, 0.1) is 5.82 Å². The molecule has 1 saturated carbocycles. The van der Waals surface area contributed by atoms with E-state index in [1.54, 1.807) is 24.3 Å². The molecule has 0 heterocycles. The minimum Gasteiger partial charge on any atom is -0.349 e. The van der Waals surface area contributed by atoms with Crippen molar-refractivity contribution in [2.24, 2.45) is 0 Å². The highest BCUT2D eigenvalue weighted by molar-refractivity contribution is 6.31. The van der Waals surface area contributed by atoms with Crippen LogP contribution < -0.4 is 10.6 Å². The van der Waals surface area contributed by atoms with Crippen LogP contribution in [0.15, 0.2) is 42.5 Å². The molecule has 4 nitrogen and oxygen atoms in total. The van der Waals surface area contributed by atoms with E-state index in [1.165, 1.54) is 18.2 Å². The van der Waals surface area contributed by atoms with Gasteiger partial charge in [-0.2, -0.15) is 0 Å². The summed E-state index contributed by atoms with van der Waals surface area (Å²) in [6.07, 6.45) is 4.34. The fourth-order valence-corrected chi connectivity index (χ4v) is 3.07. The average Bonchev–Trinajstić information content (AvgIpc) is 3.11. The average molecular weight is 361 g/mol. The molecule has 0 aromatic heterocycles. The molecule has 130 valence electrons. The maximum absolute atomic E-state index is 13.1. The van der Waals surface area contributed by atoms with Crippen LogP contribution in [-0.4, -0.2) is 17.9 Å². The number of hydrogen-bond donors (Lipinski definition) is 2. The van der Waals surface area contributed by atoms with Gasteiger partial charge in [-0.25, -0.2) is 4.39 Å². The first-order chi connectivity index (χ1) is 12.0. The molecule has 1 fully saturated rings. The lowest BCUT2D eigenvalue weighted by atomic mass is 10.1. The van der Waals surface area contributed by atoms with Crippen molar-refractivity contribution in [3.05, 3.63) is 64.4 Å². The molecular formula is C19H18ClFN2O2. The van der Waals surface area contributed by atoms with Gasteiger partial charge in [0.15, 0.2) is 0 Å². The third kappa shape index (κ3) is 4.37. The van der Waals surface area contributed by atoms with Crippen LogP contribution in [0.1, 0.15) is 46.4 Å². The van der Waals surface area contributed by atoms with Crippen LogP contribution >= 0.6 is 11.6 Å². The lowest BCUT2D eigenvalue weighted by Gasteiger charge is -2.12. The summed E-state index contributed by atoms with van der Waals surface area (Å²) >= 11 is 5.70. The van der Waals surface area contributed by atoms with Gasteiger partial charge in [0.2, 0.25) is 0 Å². The zero-order valence-electron chi connectivity index (χ0n) is 13.5. The quantitative estimate of drug-likeness (QED) is 0.848. The molecule has 0 radical (unpaired) electrons. The summed E-state index contributed by atoms with van der Waals surface area (Å²) in [5.41, 5.74) is 1.32. The van der Waals surface area contributed by atoms with Gasteiger partial charge < -0.3 is 10.6 Å². The Kier molecular flexibility index (Phi) is 5.34. The summed E-state index contributed by atoms with van der Waals surface area (Å²) in [5.74, 6) is -1.02. The summed E-state index contributed by atoms with van der Waals surface area (Å²) in [7, 11) is 0. The van der Waals surface area contributed by atoms with Gasteiger partial charge in [0.05, 0.1) is 5.02 Å². The fraction of sp³-hybridized carbons (Fsp3) is 0.263. The topological polar surface area (TPSA) is 58.2 Å². The number of rotatable bonds is 4. The Morgan fingerprint density at radius 1 is 0.960 bits per heavy atom. The molecule has 0 spiro atoms. The molecule has 6 heteroatoms. The highest BCUT2D eigenvalue weighted by Crippen LogP contribution is 2.20. The second-order valence-corrected chi connectivity index (χ2v) is 6.52. The van der Waals surface area contributed by atoms with Gasteiger partial charge in [-0.1, -0.05) is 24.4 Å². The second-order valence-electron chi connectivity index (χ2n) is 6.12. The Bertz CT molecular complexity index is 787. The predicted molar refractivity (Wildman–Crippen MR) is 95.5 cm³/mol. The van der Waals surface area contributed by atoms with Crippen molar-refractivity contribution < 1.29 is 14.0 Å². The number of nitrogens with one attached hydrogen (secondary N) is 2. The molecule has 2 N–H and O–H groups in total. The molecule has 0 unspecified atom stereocenters. The minimum atomic E-state index is -0.544. The van der Waals surface area contributed by atoms with Crippen LogP contribution in [0.3, 0.4) is 0 Å². The third-order valence-electron chi connectivity index (χ3n) is 4.28. The van der Waals surface area contributed by atoms with E-state index < -0.39 is 5.82 Å². The monoisotopic (exact) mass is 360 g/mol. The summed E-state index contributed by atoms with van der Waals surface area (Å²) in [4.78, 5) is 24.4. The molecule has 0 aliphatic heterocycles. The molecule has 0 bridgehead atoms. The Balaban J connectivity index is 1.63. The number of benzene rings is 2. The smallest absolute Gasteiger partial charge is 0.255 e. The van der Waals surface area contributed by atoms with Crippen LogP contribution in [-0.2, 0) is 0 Å². The summed E-state index contributed by atoms with van der Waals surface area (Å²) < 4.78 is 13.1. The molecule has 3 rings (SSSR count). The van der Waals surface area contributed by atoms with Gasteiger partial charge in [0, 0.05) is 22.9 Å². The van der Waals surface area contributed by atoms with Crippen molar-refractivity contribution in [1.82, 2.24) is 5.32 Å². The highest BCUT2D eigenvalue weighted by atomic mass is 35.5. The molecule has 2 amide bonds. The van der Waals surface area contributed by atoms with Crippen molar-refractivity contribution in [1.29, 1.82) is 0 Å². The molecule has 0 atom stereocenters. The maximum atomic E-state index is 13.1. The summed E-state index contributed by atoms with van der Waals surface area (Å²) in [6, 6.07) is 10.6. The van der Waals surface area contributed by atoms with E-state index in [1.807, 2.05) is 0 Å². The van der Waals surface area contributed by atoms with Crippen LogP contribution in [0.4, 0.5) is 10.1 Å².